The molecule has 0 radical (unpaired) electrons. The normalized spacial score (nSPS) is 21.9. The van der Waals surface area contributed by atoms with Gasteiger partial charge in [0.2, 0.25) is 0 Å². The number of carboxylic acid groups (broad SMARTS) is 1. The number of β-amino-alcohol motifs (C(OH)–C–C–N with tert-alkyl or cyclic N) is 2. The van der Waals surface area contributed by atoms with Crippen LogP contribution in [0.4, 0.5) is 14.9 Å². The Hall–Kier alpha value is -2.19. The average molecular weight is 284 g/mol. The predicted octanol–water partition coefficient (Wildman–Crippen LogP) is 0.0932. The molecule has 0 saturated carbocycles. The molecule has 8 heteroatoms. The molecule has 1 saturated heterocycles. The van der Waals surface area contributed by atoms with Crippen molar-refractivity contribution < 1.29 is 29.3 Å². The summed E-state index contributed by atoms with van der Waals surface area (Å²) in [6.07, 6.45) is -2.06. The first-order valence-corrected chi connectivity index (χ1v) is 5.83. The van der Waals surface area contributed by atoms with Crippen LogP contribution in [0.2, 0.25) is 0 Å². The highest BCUT2D eigenvalue weighted by Gasteiger charge is 2.32. The molecule has 1 aliphatic heterocycles. The number of carboxylic acids is 1. The van der Waals surface area contributed by atoms with Gasteiger partial charge in [0, 0.05) is 0 Å². The maximum Gasteiger partial charge on any atom is 0.335 e. The third-order valence-electron chi connectivity index (χ3n) is 3.00. The Kier molecular flexibility index (Phi) is 3.86. The predicted molar refractivity (Wildman–Crippen MR) is 66.0 cm³/mol. The third kappa shape index (κ3) is 2.86. The largest absolute Gasteiger partial charge is 0.478 e. The first-order valence-electron chi connectivity index (χ1n) is 5.83. The minimum atomic E-state index is -1.27. The minimum absolute atomic E-state index is 0.0537. The summed E-state index contributed by atoms with van der Waals surface area (Å²) < 4.78 is 13.6. The highest BCUT2D eigenvalue weighted by molar-refractivity contribution is 5.92. The third-order valence-corrected chi connectivity index (χ3v) is 3.00. The minimum Gasteiger partial charge on any atom is -0.478 e. The van der Waals surface area contributed by atoms with Crippen LogP contribution in [-0.2, 0) is 0 Å². The lowest BCUT2D eigenvalue weighted by atomic mass is 10.2. The van der Waals surface area contributed by atoms with E-state index in [-0.39, 0.29) is 24.3 Å². The number of hydrogen-bond acceptors (Lipinski definition) is 4. The molecule has 1 heterocycles. The molecular weight excluding hydrogens is 271 g/mol. The molecule has 108 valence electrons. The fraction of sp³-hybridized carbons (Fsp3) is 0.333. The molecule has 1 aromatic carbocycles. The standard InChI is InChI=1S/C12H13FN2O5/c13-7-3-6(11(18)19)1-2-8(7)14-12(20)15-4-9(16)10(17)5-15/h1-3,9-10,16-17H,4-5H2,(H,14,20)(H,18,19). The Morgan fingerprint density at radius 1 is 1.25 bits per heavy atom. The summed E-state index contributed by atoms with van der Waals surface area (Å²) in [6, 6.07) is 2.42. The summed E-state index contributed by atoms with van der Waals surface area (Å²) in [5.41, 5.74) is -0.400. The number of halogens is 1. The lowest BCUT2D eigenvalue weighted by Gasteiger charge is -2.16. The smallest absolute Gasteiger partial charge is 0.335 e. The van der Waals surface area contributed by atoms with Crippen LogP contribution in [0.3, 0.4) is 0 Å². The SMILES string of the molecule is O=C(O)c1ccc(NC(=O)N2CC(O)C(O)C2)c(F)c1. The van der Waals surface area contributed by atoms with Gasteiger partial charge in [0.25, 0.3) is 0 Å². The number of aliphatic hydroxyl groups is 2. The Balaban J connectivity index is 2.07. The van der Waals surface area contributed by atoms with E-state index in [4.69, 9.17) is 5.11 Å². The summed E-state index contributed by atoms with van der Waals surface area (Å²) in [5.74, 6) is -2.15. The van der Waals surface area contributed by atoms with Crippen molar-refractivity contribution in [1.29, 1.82) is 0 Å². The number of carbonyl (C=O) groups excluding carboxylic acids is 1. The molecule has 7 nitrogen and oxygen atoms in total. The number of rotatable bonds is 2. The molecular formula is C12H13FN2O5. The van der Waals surface area contributed by atoms with Crippen LogP contribution in [0.15, 0.2) is 18.2 Å². The molecule has 2 rings (SSSR count). The zero-order valence-electron chi connectivity index (χ0n) is 10.3. The van der Waals surface area contributed by atoms with Gasteiger partial charge in [-0.05, 0) is 18.2 Å². The van der Waals surface area contributed by atoms with E-state index in [0.29, 0.717) is 0 Å². The van der Waals surface area contributed by atoms with Crippen LogP contribution in [0.25, 0.3) is 0 Å². The maximum atomic E-state index is 13.6. The van der Waals surface area contributed by atoms with Gasteiger partial charge in [0.1, 0.15) is 5.82 Å². The van der Waals surface area contributed by atoms with Gasteiger partial charge >= 0.3 is 12.0 Å². The number of likely N-dealkylation sites (tertiary alicyclic amines) is 1. The van der Waals surface area contributed by atoms with Crippen LogP contribution in [0.1, 0.15) is 10.4 Å². The van der Waals surface area contributed by atoms with Crippen molar-refractivity contribution in [3.8, 4) is 0 Å². The Bertz CT molecular complexity index is 541. The lowest BCUT2D eigenvalue weighted by Crippen LogP contribution is -2.34. The van der Waals surface area contributed by atoms with Gasteiger partial charge in [-0.1, -0.05) is 0 Å². The second-order valence-electron chi connectivity index (χ2n) is 4.47. The number of anilines is 1. The molecule has 0 bridgehead atoms. The molecule has 1 aromatic rings. The Morgan fingerprint density at radius 3 is 2.35 bits per heavy atom. The van der Waals surface area contributed by atoms with E-state index in [1.54, 1.807) is 0 Å². The van der Waals surface area contributed by atoms with Crippen LogP contribution in [-0.4, -0.2) is 57.5 Å². The number of benzene rings is 1. The van der Waals surface area contributed by atoms with Gasteiger partial charge in [-0.3, -0.25) is 0 Å². The number of urea groups is 1. The highest BCUT2D eigenvalue weighted by Crippen LogP contribution is 2.18. The highest BCUT2D eigenvalue weighted by atomic mass is 19.1. The number of carbonyl (C=O) groups is 2. The summed E-state index contributed by atoms with van der Waals surface area (Å²) in [7, 11) is 0. The molecule has 1 fully saturated rings. The van der Waals surface area contributed by atoms with E-state index < -0.39 is 30.0 Å². The van der Waals surface area contributed by atoms with Gasteiger partial charge in [-0.25, -0.2) is 14.0 Å². The van der Waals surface area contributed by atoms with Gasteiger partial charge < -0.3 is 25.5 Å². The van der Waals surface area contributed by atoms with Crippen molar-refractivity contribution in [3.63, 3.8) is 0 Å². The van der Waals surface area contributed by atoms with Crippen molar-refractivity contribution in [2.45, 2.75) is 12.2 Å². The second-order valence-corrected chi connectivity index (χ2v) is 4.47. The van der Waals surface area contributed by atoms with E-state index in [2.05, 4.69) is 5.32 Å². The summed E-state index contributed by atoms with van der Waals surface area (Å²) in [6.45, 7) is -0.107. The van der Waals surface area contributed by atoms with Gasteiger partial charge in [-0.2, -0.15) is 0 Å². The van der Waals surface area contributed by atoms with Crippen LogP contribution in [0.5, 0.6) is 0 Å². The second kappa shape index (κ2) is 5.43. The number of aromatic carboxylic acids is 1. The summed E-state index contributed by atoms with van der Waals surface area (Å²) in [5, 5.41) is 29.6. The summed E-state index contributed by atoms with van der Waals surface area (Å²) >= 11 is 0. The molecule has 0 spiro atoms. The van der Waals surface area contributed by atoms with Gasteiger partial charge in [0.15, 0.2) is 0 Å². The molecule has 0 aliphatic carbocycles. The molecule has 2 atom stereocenters. The number of hydrogen-bond donors (Lipinski definition) is 4. The fourth-order valence-electron chi connectivity index (χ4n) is 1.88. The topological polar surface area (TPSA) is 110 Å². The molecule has 2 amide bonds. The maximum absolute atomic E-state index is 13.6. The van der Waals surface area contributed by atoms with Crippen LogP contribution in [0, 0.1) is 5.82 Å². The molecule has 1 aliphatic rings. The number of nitrogens with one attached hydrogen (secondary N) is 1. The Morgan fingerprint density at radius 2 is 1.85 bits per heavy atom. The van der Waals surface area contributed by atoms with Crippen molar-refractivity contribution >= 4 is 17.7 Å². The van der Waals surface area contributed by atoms with E-state index in [0.717, 1.165) is 23.1 Å². The van der Waals surface area contributed by atoms with Crippen molar-refractivity contribution in [3.05, 3.63) is 29.6 Å². The van der Waals surface area contributed by atoms with E-state index in [9.17, 15) is 24.2 Å². The van der Waals surface area contributed by atoms with E-state index in [1.165, 1.54) is 0 Å². The Labute approximate surface area is 113 Å². The first kappa shape index (κ1) is 14.2. The van der Waals surface area contributed by atoms with Gasteiger partial charge in [0.05, 0.1) is 36.5 Å². The van der Waals surface area contributed by atoms with Gasteiger partial charge in [-0.15, -0.1) is 0 Å². The number of aliphatic hydroxyl groups excluding tert-OH is 2. The molecule has 4 N–H and O–H groups in total. The number of amides is 2. The van der Waals surface area contributed by atoms with Crippen LogP contribution < -0.4 is 5.32 Å². The van der Waals surface area contributed by atoms with Crippen LogP contribution >= 0.6 is 0 Å². The zero-order valence-corrected chi connectivity index (χ0v) is 10.3. The van der Waals surface area contributed by atoms with Crippen molar-refractivity contribution in [1.82, 2.24) is 4.90 Å². The fourth-order valence-corrected chi connectivity index (χ4v) is 1.88. The van der Waals surface area contributed by atoms with E-state index in [1.807, 2.05) is 0 Å². The average Bonchev–Trinajstić information content (AvgIpc) is 2.72. The quantitative estimate of drug-likeness (QED) is 0.615. The number of nitrogens with zero attached hydrogens (tertiary/aromatic N) is 1. The molecule has 20 heavy (non-hydrogen) atoms. The monoisotopic (exact) mass is 284 g/mol. The summed E-state index contributed by atoms with van der Waals surface area (Å²) in [4.78, 5) is 23.6. The lowest BCUT2D eigenvalue weighted by molar-refractivity contribution is 0.0572. The van der Waals surface area contributed by atoms with Crippen molar-refractivity contribution in [2.24, 2.45) is 0 Å². The van der Waals surface area contributed by atoms with Crippen molar-refractivity contribution in [2.75, 3.05) is 18.4 Å². The zero-order chi connectivity index (χ0) is 14.9. The molecule has 0 aromatic heterocycles. The first-order chi connectivity index (χ1) is 9.38. The van der Waals surface area contributed by atoms with E-state index >= 15 is 0 Å². The molecule has 2 unspecified atom stereocenters.